The molecule has 0 radical (unpaired) electrons. The number of rotatable bonds is 5. The van der Waals surface area contributed by atoms with Gasteiger partial charge in [-0.2, -0.15) is 0 Å². The monoisotopic (exact) mass is 285 g/mol. The normalized spacial score (nSPS) is 18.9. The number of carbonyl (C=O) groups is 2. The molecule has 0 aromatic carbocycles. The summed E-state index contributed by atoms with van der Waals surface area (Å²) in [6.45, 7) is 5.83. The van der Waals surface area contributed by atoms with Crippen LogP contribution in [0.5, 0.6) is 0 Å². The van der Waals surface area contributed by atoms with Gasteiger partial charge >= 0.3 is 12.0 Å². The fourth-order valence-electron chi connectivity index (χ4n) is 2.49. The summed E-state index contributed by atoms with van der Waals surface area (Å²) in [6.07, 6.45) is 2.31. The molecule has 0 aromatic heterocycles. The Hall–Kier alpha value is -1.30. The van der Waals surface area contributed by atoms with E-state index in [9.17, 15) is 9.59 Å². The molecule has 6 heteroatoms. The molecule has 2 amide bonds. The number of carboxylic acid groups (broad SMARTS) is 1. The van der Waals surface area contributed by atoms with E-state index in [1.807, 2.05) is 13.8 Å². The smallest absolute Gasteiger partial charge is 0.326 e. The highest BCUT2D eigenvalue weighted by Gasteiger charge is 2.27. The van der Waals surface area contributed by atoms with E-state index in [-0.39, 0.29) is 18.0 Å². The van der Waals surface area contributed by atoms with Gasteiger partial charge in [0.05, 0.1) is 0 Å². The maximum absolute atomic E-state index is 12.2. The van der Waals surface area contributed by atoms with Gasteiger partial charge in [-0.1, -0.05) is 13.8 Å². The third kappa shape index (κ3) is 5.00. The summed E-state index contributed by atoms with van der Waals surface area (Å²) in [5, 5.41) is 11.8. The lowest BCUT2D eigenvalue weighted by Gasteiger charge is -2.35. The molecule has 116 valence electrons. The second-order valence-electron chi connectivity index (χ2n) is 6.12. The molecule has 0 saturated carbocycles. The van der Waals surface area contributed by atoms with Crippen molar-refractivity contribution in [1.82, 2.24) is 15.1 Å². The summed E-state index contributed by atoms with van der Waals surface area (Å²) in [4.78, 5) is 27.2. The van der Waals surface area contributed by atoms with Crippen LogP contribution in [0.25, 0.3) is 0 Å². The van der Waals surface area contributed by atoms with Gasteiger partial charge in [0.2, 0.25) is 0 Å². The van der Waals surface area contributed by atoms with Crippen LogP contribution in [0.3, 0.4) is 0 Å². The van der Waals surface area contributed by atoms with Crippen molar-refractivity contribution in [2.75, 3.05) is 27.2 Å². The van der Waals surface area contributed by atoms with Crippen molar-refractivity contribution >= 4 is 12.0 Å². The molecule has 1 saturated heterocycles. The molecule has 1 aliphatic heterocycles. The van der Waals surface area contributed by atoms with Crippen LogP contribution in [-0.4, -0.2) is 66.2 Å². The van der Waals surface area contributed by atoms with Gasteiger partial charge in [-0.25, -0.2) is 9.59 Å². The van der Waals surface area contributed by atoms with Gasteiger partial charge in [-0.3, -0.25) is 0 Å². The highest BCUT2D eigenvalue weighted by Crippen LogP contribution is 2.14. The minimum absolute atomic E-state index is 0.194. The van der Waals surface area contributed by atoms with Gasteiger partial charge in [0.1, 0.15) is 6.04 Å². The molecule has 1 rings (SSSR count). The lowest BCUT2D eigenvalue weighted by molar-refractivity contribution is -0.139. The van der Waals surface area contributed by atoms with E-state index in [0.717, 1.165) is 25.9 Å². The summed E-state index contributed by atoms with van der Waals surface area (Å²) >= 11 is 0. The van der Waals surface area contributed by atoms with Gasteiger partial charge in [0, 0.05) is 13.1 Å². The fourth-order valence-corrected chi connectivity index (χ4v) is 2.49. The first kappa shape index (κ1) is 16.8. The van der Waals surface area contributed by atoms with Crippen LogP contribution in [0.1, 0.15) is 33.1 Å². The third-order valence-electron chi connectivity index (χ3n) is 3.86. The molecule has 20 heavy (non-hydrogen) atoms. The molecule has 0 bridgehead atoms. The van der Waals surface area contributed by atoms with Gasteiger partial charge < -0.3 is 20.2 Å². The number of carboxylic acids is 1. The van der Waals surface area contributed by atoms with E-state index in [1.54, 1.807) is 11.9 Å². The fraction of sp³-hybridized carbons (Fsp3) is 0.857. The highest BCUT2D eigenvalue weighted by molar-refractivity contribution is 5.82. The Labute approximate surface area is 121 Å². The quantitative estimate of drug-likeness (QED) is 0.796. The molecule has 2 N–H and O–H groups in total. The highest BCUT2D eigenvalue weighted by atomic mass is 16.4. The van der Waals surface area contributed by atoms with Crippen LogP contribution in [0.15, 0.2) is 0 Å². The Morgan fingerprint density at radius 2 is 1.90 bits per heavy atom. The largest absolute Gasteiger partial charge is 0.480 e. The average Bonchev–Trinajstić information content (AvgIpc) is 2.37. The lowest BCUT2D eigenvalue weighted by atomic mass is 10.0. The van der Waals surface area contributed by atoms with Crippen molar-refractivity contribution in [1.29, 1.82) is 0 Å². The van der Waals surface area contributed by atoms with E-state index in [2.05, 4.69) is 17.3 Å². The van der Waals surface area contributed by atoms with Crippen LogP contribution in [-0.2, 0) is 4.79 Å². The van der Waals surface area contributed by atoms with Crippen molar-refractivity contribution in [3.63, 3.8) is 0 Å². The zero-order valence-electron chi connectivity index (χ0n) is 12.9. The van der Waals surface area contributed by atoms with Crippen molar-refractivity contribution in [3.8, 4) is 0 Å². The number of hydrogen-bond donors (Lipinski definition) is 2. The SMILES string of the molecule is CC(C)CC(NC(=O)N(C)C1CCN(C)CC1)C(=O)O. The number of amides is 2. The molecule has 0 spiro atoms. The van der Waals surface area contributed by atoms with Gasteiger partial charge in [-0.15, -0.1) is 0 Å². The summed E-state index contributed by atoms with van der Waals surface area (Å²) in [6, 6.07) is -0.900. The van der Waals surface area contributed by atoms with Crippen molar-refractivity contribution in [2.24, 2.45) is 5.92 Å². The predicted octanol–water partition coefficient (Wildman–Crippen LogP) is 1.22. The number of nitrogens with one attached hydrogen (secondary N) is 1. The minimum atomic E-state index is -0.969. The molecule has 1 atom stereocenters. The lowest BCUT2D eigenvalue weighted by Crippen LogP contribution is -2.52. The number of hydrogen-bond acceptors (Lipinski definition) is 3. The van der Waals surface area contributed by atoms with E-state index in [0.29, 0.717) is 6.42 Å². The molecule has 0 aliphatic carbocycles. The second kappa shape index (κ2) is 7.47. The van der Waals surface area contributed by atoms with E-state index < -0.39 is 12.0 Å². The standard InChI is InChI=1S/C14H27N3O3/c1-10(2)9-12(13(18)19)15-14(20)17(4)11-5-7-16(3)8-6-11/h10-12H,5-9H2,1-4H3,(H,15,20)(H,18,19). The minimum Gasteiger partial charge on any atom is -0.480 e. The molecule has 0 aromatic rings. The first-order valence-corrected chi connectivity index (χ1v) is 7.26. The topological polar surface area (TPSA) is 72.9 Å². The number of aliphatic carboxylic acids is 1. The van der Waals surface area contributed by atoms with Gasteiger partial charge in [0.25, 0.3) is 0 Å². The average molecular weight is 285 g/mol. The van der Waals surface area contributed by atoms with Crippen LogP contribution < -0.4 is 5.32 Å². The van der Waals surface area contributed by atoms with Crippen LogP contribution >= 0.6 is 0 Å². The molecule has 1 unspecified atom stereocenters. The van der Waals surface area contributed by atoms with Crippen molar-refractivity contribution < 1.29 is 14.7 Å². The Balaban J connectivity index is 2.53. The van der Waals surface area contributed by atoms with Crippen LogP contribution in [0, 0.1) is 5.92 Å². The number of nitrogens with zero attached hydrogens (tertiary/aromatic N) is 2. The van der Waals surface area contributed by atoms with Gasteiger partial charge in [0.15, 0.2) is 0 Å². The number of carbonyl (C=O) groups excluding carboxylic acids is 1. The van der Waals surface area contributed by atoms with Crippen molar-refractivity contribution in [3.05, 3.63) is 0 Å². The Bertz CT molecular complexity index is 339. The van der Waals surface area contributed by atoms with Crippen molar-refractivity contribution in [2.45, 2.75) is 45.2 Å². The molecule has 1 aliphatic rings. The summed E-state index contributed by atoms with van der Waals surface area (Å²) in [5.74, 6) is -0.742. The zero-order valence-corrected chi connectivity index (χ0v) is 12.9. The first-order valence-electron chi connectivity index (χ1n) is 7.26. The van der Waals surface area contributed by atoms with E-state index in [1.165, 1.54) is 0 Å². The Morgan fingerprint density at radius 3 is 2.35 bits per heavy atom. The summed E-state index contributed by atoms with van der Waals surface area (Å²) in [7, 11) is 3.82. The third-order valence-corrected chi connectivity index (χ3v) is 3.86. The van der Waals surface area contributed by atoms with E-state index >= 15 is 0 Å². The van der Waals surface area contributed by atoms with Crippen LogP contribution in [0.2, 0.25) is 0 Å². The van der Waals surface area contributed by atoms with E-state index in [4.69, 9.17) is 5.11 Å². The number of urea groups is 1. The van der Waals surface area contributed by atoms with Gasteiger partial charge in [-0.05, 0) is 45.3 Å². The zero-order chi connectivity index (χ0) is 15.3. The summed E-state index contributed by atoms with van der Waals surface area (Å²) in [5.41, 5.74) is 0. The molecule has 1 heterocycles. The second-order valence-corrected chi connectivity index (χ2v) is 6.12. The summed E-state index contributed by atoms with van der Waals surface area (Å²) < 4.78 is 0. The number of likely N-dealkylation sites (tertiary alicyclic amines) is 1. The maximum Gasteiger partial charge on any atom is 0.326 e. The Kier molecular flexibility index (Phi) is 6.26. The molecular formula is C14H27N3O3. The molecule has 1 fully saturated rings. The Morgan fingerprint density at radius 1 is 1.35 bits per heavy atom. The van der Waals surface area contributed by atoms with Crippen LogP contribution in [0.4, 0.5) is 4.79 Å². The maximum atomic E-state index is 12.2. The molecule has 6 nitrogen and oxygen atoms in total. The first-order chi connectivity index (χ1) is 9.31. The number of piperidine rings is 1. The molecular weight excluding hydrogens is 258 g/mol. The predicted molar refractivity (Wildman–Crippen MR) is 77.7 cm³/mol.